The molecule has 1 saturated carbocycles. The summed E-state index contributed by atoms with van der Waals surface area (Å²) in [6.45, 7) is 1.03. The minimum Gasteiger partial charge on any atom is -0.369 e. The second-order valence-electron chi connectivity index (χ2n) is 3.81. The van der Waals surface area contributed by atoms with Crippen molar-refractivity contribution >= 4 is 0 Å². The van der Waals surface area contributed by atoms with E-state index in [9.17, 15) is 13.2 Å². The third-order valence-electron chi connectivity index (χ3n) is 2.45. The highest BCUT2D eigenvalue weighted by atomic mass is 19.4. The van der Waals surface area contributed by atoms with Crippen molar-refractivity contribution in [1.29, 1.82) is 0 Å². The fourth-order valence-corrected chi connectivity index (χ4v) is 1.61. The number of rotatable bonds is 2. The first-order valence-corrected chi connectivity index (χ1v) is 4.66. The van der Waals surface area contributed by atoms with Crippen LogP contribution in [0.3, 0.4) is 0 Å². The predicted molar refractivity (Wildman–Crippen MR) is 43.4 cm³/mol. The van der Waals surface area contributed by atoms with E-state index in [4.69, 9.17) is 4.74 Å². The first kappa shape index (κ1) is 10.8. The van der Waals surface area contributed by atoms with Gasteiger partial charge >= 0.3 is 6.18 Å². The molecule has 0 aliphatic heterocycles. The lowest BCUT2D eigenvalue weighted by Gasteiger charge is -2.26. The Morgan fingerprint density at radius 2 is 1.69 bits per heavy atom. The summed E-state index contributed by atoms with van der Waals surface area (Å²) >= 11 is 0. The Kier molecular flexibility index (Phi) is 3.59. The maximum absolute atomic E-state index is 11.8. The van der Waals surface area contributed by atoms with Crippen molar-refractivity contribution in [3.63, 3.8) is 0 Å². The van der Waals surface area contributed by atoms with Crippen molar-refractivity contribution in [2.24, 2.45) is 5.92 Å². The second kappa shape index (κ2) is 4.31. The normalized spacial score (nSPS) is 30.5. The minimum absolute atomic E-state index is 0.169. The van der Waals surface area contributed by atoms with E-state index in [-0.39, 0.29) is 6.10 Å². The van der Waals surface area contributed by atoms with Gasteiger partial charge in [-0.1, -0.05) is 6.92 Å². The first-order valence-electron chi connectivity index (χ1n) is 4.66. The zero-order valence-electron chi connectivity index (χ0n) is 7.73. The predicted octanol–water partition coefficient (Wildman–Crippen LogP) is 3.14. The van der Waals surface area contributed by atoms with Crippen molar-refractivity contribution in [3.05, 3.63) is 0 Å². The molecule has 1 rings (SSSR count). The molecule has 13 heavy (non-hydrogen) atoms. The summed E-state index contributed by atoms with van der Waals surface area (Å²) in [7, 11) is 0. The van der Waals surface area contributed by atoms with E-state index in [1.54, 1.807) is 0 Å². The minimum atomic E-state index is -4.18. The van der Waals surface area contributed by atoms with Gasteiger partial charge in [0.2, 0.25) is 0 Å². The number of alkyl halides is 3. The van der Waals surface area contributed by atoms with Gasteiger partial charge in [0.05, 0.1) is 6.10 Å². The molecule has 78 valence electrons. The van der Waals surface area contributed by atoms with E-state index in [2.05, 4.69) is 6.92 Å². The van der Waals surface area contributed by atoms with Gasteiger partial charge in [-0.05, 0) is 31.6 Å². The van der Waals surface area contributed by atoms with Crippen molar-refractivity contribution in [2.45, 2.75) is 44.9 Å². The van der Waals surface area contributed by atoms with Crippen LogP contribution in [0.4, 0.5) is 13.2 Å². The number of halogens is 3. The Balaban J connectivity index is 2.16. The SMILES string of the molecule is C[C@H]1CC[C@H](OCC(F)(F)F)CC1. The van der Waals surface area contributed by atoms with E-state index >= 15 is 0 Å². The molecule has 0 saturated heterocycles. The van der Waals surface area contributed by atoms with E-state index < -0.39 is 12.8 Å². The van der Waals surface area contributed by atoms with Crippen LogP contribution in [0.2, 0.25) is 0 Å². The van der Waals surface area contributed by atoms with Crippen LogP contribution in [-0.4, -0.2) is 18.9 Å². The number of hydrogen-bond acceptors (Lipinski definition) is 1. The summed E-state index contributed by atoms with van der Waals surface area (Å²) in [6, 6.07) is 0. The monoisotopic (exact) mass is 196 g/mol. The molecule has 0 heterocycles. The zero-order chi connectivity index (χ0) is 9.90. The van der Waals surface area contributed by atoms with E-state index in [0.717, 1.165) is 25.7 Å². The lowest BCUT2D eigenvalue weighted by Crippen LogP contribution is -2.26. The van der Waals surface area contributed by atoms with Crippen LogP contribution in [0.15, 0.2) is 0 Å². The van der Waals surface area contributed by atoms with Gasteiger partial charge in [-0.15, -0.1) is 0 Å². The van der Waals surface area contributed by atoms with Crippen LogP contribution in [-0.2, 0) is 4.74 Å². The Bertz CT molecular complexity index is 147. The third-order valence-corrected chi connectivity index (χ3v) is 2.45. The molecule has 1 aliphatic carbocycles. The summed E-state index contributed by atoms with van der Waals surface area (Å²) in [4.78, 5) is 0. The van der Waals surface area contributed by atoms with Gasteiger partial charge in [0.15, 0.2) is 0 Å². The molecule has 0 aromatic rings. The number of ether oxygens (including phenoxy) is 1. The molecule has 1 fully saturated rings. The van der Waals surface area contributed by atoms with Gasteiger partial charge in [0, 0.05) is 0 Å². The van der Waals surface area contributed by atoms with Crippen molar-refractivity contribution in [1.82, 2.24) is 0 Å². The number of hydrogen-bond donors (Lipinski definition) is 0. The molecule has 0 N–H and O–H groups in total. The molecule has 0 unspecified atom stereocenters. The van der Waals surface area contributed by atoms with Gasteiger partial charge in [-0.25, -0.2) is 0 Å². The average Bonchev–Trinajstić information content (AvgIpc) is 2.02. The van der Waals surface area contributed by atoms with Crippen LogP contribution in [0.1, 0.15) is 32.6 Å². The Morgan fingerprint density at radius 3 is 2.15 bits per heavy atom. The van der Waals surface area contributed by atoms with Crippen molar-refractivity contribution in [3.8, 4) is 0 Å². The van der Waals surface area contributed by atoms with Crippen molar-refractivity contribution < 1.29 is 17.9 Å². The summed E-state index contributed by atoms with van der Waals surface area (Å²) in [5.74, 6) is 0.644. The molecule has 0 aromatic carbocycles. The maximum Gasteiger partial charge on any atom is 0.411 e. The van der Waals surface area contributed by atoms with E-state index in [1.807, 2.05) is 0 Å². The fourth-order valence-electron chi connectivity index (χ4n) is 1.61. The maximum atomic E-state index is 11.8. The lowest BCUT2D eigenvalue weighted by molar-refractivity contribution is -0.188. The molecule has 0 spiro atoms. The molecule has 0 radical (unpaired) electrons. The Morgan fingerprint density at radius 1 is 1.15 bits per heavy atom. The molecule has 1 nitrogen and oxygen atoms in total. The largest absolute Gasteiger partial charge is 0.411 e. The Hall–Kier alpha value is -0.250. The van der Waals surface area contributed by atoms with Gasteiger partial charge in [-0.3, -0.25) is 0 Å². The van der Waals surface area contributed by atoms with Gasteiger partial charge < -0.3 is 4.74 Å². The highest BCUT2D eigenvalue weighted by Crippen LogP contribution is 2.27. The standard InChI is InChI=1S/C9H15F3O/c1-7-2-4-8(5-3-7)13-6-9(10,11)12/h7-8H,2-6H2,1H3/t7-,8-. The first-order chi connectivity index (χ1) is 5.97. The topological polar surface area (TPSA) is 9.23 Å². The van der Waals surface area contributed by atoms with Crippen LogP contribution < -0.4 is 0 Å². The molecular formula is C9H15F3O. The molecule has 0 bridgehead atoms. The molecule has 4 heteroatoms. The van der Waals surface area contributed by atoms with Crippen LogP contribution in [0.5, 0.6) is 0 Å². The van der Waals surface area contributed by atoms with Crippen LogP contribution in [0.25, 0.3) is 0 Å². The third kappa shape index (κ3) is 4.50. The summed E-state index contributed by atoms with van der Waals surface area (Å²) in [5, 5.41) is 0. The van der Waals surface area contributed by atoms with Gasteiger partial charge in [-0.2, -0.15) is 13.2 Å². The molecular weight excluding hydrogens is 181 g/mol. The quantitative estimate of drug-likeness (QED) is 0.659. The smallest absolute Gasteiger partial charge is 0.369 e. The summed E-state index contributed by atoms with van der Waals surface area (Å²) < 4.78 is 40.1. The van der Waals surface area contributed by atoms with Gasteiger partial charge in [0.25, 0.3) is 0 Å². The summed E-state index contributed by atoms with van der Waals surface area (Å²) in [6.07, 6.45) is -0.819. The van der Waals surface area contributed by atoms with Crippen LogP contribution >= 0.6 is 0 Å². The summed E-state index contributed by atoms with van der Waals surface area (Å²) in [5.41, 5.74) is 0. The highest BCUT2D eigenvalue weighted by Gasteiger charge is 2.30. The molecule has 0 atom stereocenters. The average molecular weight is 196 g/mol. The van der Waals surface area contributed by atoms with Gasteiger partial charge in [0.1, 0.15) is 6.61 Å². The molecule has 1 aliphatic rings. The second-order valence-corrected chi connectivity index (χ2v) is 3.81. The van der Waals surface area contributed by atoms with E-state index in [0.29, 0.717) is 5.92 Å². The van der Waals surface area contributed by atoms with Crippen LogP contribution in [0, 0.1) is 5.92 Å². The van der Waals surface area contributed by atoms with Crippen molar-refractivity contribution in [2.75, 3.05) is 6.61 Å². The molecule has 0 amide bonds. The highest BCUT2D eigenvalue weighted by molar-refractivity contribution is 4.70. The van der Waals surface area contributed by atoms with E-state index in [1.165, 1.54) is 0 Å². The Labute approximate surface area is 76.3 Å². The molecule has 0 aromatic heterocycles. The fraction of sp³-hybridized carbons (Fsp3) is 1.00. The lowest BCUT2D eigenvalue weighted by atomic mass is 9.89. The zero-order valence-corrected chi connectivity index (χ0v) is 7.73.